The Labute approximate surface area is 164 Å². The molecule has 1 aromatic carbocycles. The minimum absolute atomic E-state index is 0.0249. The van der Waals surface area contributed by atoms with Gasteiger partial charge in [0.1, 0.15) is 5.82 Å². The molecule has 0 radical (unpaired) electrons. The summed E-state index contributed by atoms with van der Waals surface area (Å²) in [4.78, 5) is 28.1. The molecule has 2 heterocycles. The Bertz CT molecular complexity index is 712. The van der Waals surface area contributed by atoms with Gasteiger partial charge >= 0.3 is 0 Å². The van der Waals surface area contributed by atoms with Crippen LogP contribution >= 0.6 is 11.6 Å². The minimum Gasteiger partial charge on any atom is -0.349 e. The second kappa shape index (κ2) is 8.57. The highest BCUT2D eigenvalue weighted by Gasteiger charge is 2.38. The van der Waals surface area contributed by atoms with E-state index in [9.17, 15) is 14.0 Å². The maximum Gasteiger partial charge on any atom is 0.253 e. The number of nitrogens with one attached hydrogen (secondary N) is 1. The third-order valence-corrected chi connectivity index (χ3v) is 5.96. The molecule has 1 aromatic rings. The molecule has 2 saturated heterocycles. The van der Waals surface area contributed by atoms with Crippen molar-refractivity contribution in [2.75, 3.05) is 33.7 Å². The number of hydrogen-bond acceptors (Lipinski definition) is 3. The molecule has 2 aliphatic rings. The predicted octanol–water partition coefficient (Wildman–Crippen LogP) is 2.79. The van der Waals surface area contributed by atoms with Gasteiger partial charge in [-0.2, -0.15) is 0 Å². The van der Waals surface area contributed by atoms with Gasteiger partial charge in [-0.1, -0.05) is 11.6 Å². The van der Waals surface area contributed by atoms with Gasteiger partial charge in [0.15, 0.2) is 0 Å². The van der Waals surface area contributed by atoms with Crippen LogP contribution in [0.5, 0.6) is 0 Å². The predicted molar refractivity (Wildman–Crippen MR) is 103 cm³/mol. The van der Waals surface area contributed by atoms with Crippen molar-refractivity contribution < 1.29 is 14.0 Å². The summed E-state index contributed by atoms with van der Waals surface area (Å²) in [6.45, 7) is 2.28. The molecule has 0 aliphatic carbocycles. The zero-order valence-corrected chi connectivity index (χ0v) is 16.6. The van der Waals surface area contributed by atoms with E-state index in [-0.39, 0.29) is 16.8 Å². The molecule has 0 aromatic heterocycles. The van der Waals surface area contributed by atoms with Crippen molar-refractivity contribution in [3.8, 4) is 0 Å². The Balaban J connectivity index is 1.60. The summed E-state index contributed by atoms with van der Waals surface area (Å²) in [6, 6.07) is 4.47. The Kier molecular flexibility index (Phi) is 6.37. The number of carbonyl (C=O) groups is 2. The van der Waals surface area contributed by atoms with Crippen LogP contribution in [-0.4, -0.2) is 61.4 Å². The average molecular weight is 396 g/mol. The van der Waals surface area contributed by atoms with Crippen LogP contribution in [0.1, 0.15) is 36.0 Å². The van der Waals surface area contributed by atoms with Crippen LogP contribution in [0.15, 0.2) is 18.2 Å². The number of rotatable bonds is 5. The highest BCUT2D eigenvalue weighted by molar-refractivity contribution is 6.31. The Morgan fingerprint density at radius 1 is 1.33 bits per heavy atom. The molecular weight excluding hydrogens is 369 g/mol. The van der Waals surface area contributed by atoms with Gasteiger partial charge in [-0.3, -0.25) is 9.59 Å². The first-order chi connectivity index (χ1) is 12.8. The molecule has 7 heteroatoms. The average Bonchev–Trinajstić information content (AvgIpc) is 2.64. The van der Waals surface area contributed by atoms with E-state index in [1.807, 2.05) is 4.90 Å². The summed E-state index contributed by atoms with van der Waals surface area (Å²) in [6.07, 6.45) is 3.43. The second-order valence-electron chi connectivity index (χ2n) is 7.90. The van der Waals surface area contributed by atoms with Crippen LogP contribution in [0, 0.1) is 17.7 Å². The lowest BCUT2D eigenvalue weighted by Crippen LogP contribution is -2.57. The summed E-state index contributed by atoms with van der Waals surface area (Å²) in [5.41, 5.74) is 0.433. The van der Waals surface area contributed by atoms with Crippen molar-refractivity contribution in [1.82, 2.24) is 15.1 Å². The first kappa shape index (κ1) is 20.1. The molecule has 0 spiro atoms. The molecule has 5 nitrogen and oxygen atoms in total. The number of piperidine rings is 2. The lowest BCUT2D eigenvalue weighted by Gasteiger charge is -2.46. The van der Waals surface area contributed by atoms with Crippen LogP contribution in [0.4, 0.5) is 4.39 Å². The number of fused-ring (bicyclic) bond motifs is 2. The third-order valence-electron chi connectivity index (χ3n) is 5.67. The van der Waals surface area contributed by atoms with E-state index >= 15 is 0 Å². The fourth-order valence-corrected chi connectivity index (χ4v) is 4.36. The summed E-state index contributed by atoms with van der Waals surface area (Å²) in [5, 5.41) is 3.58. The number of halogens is 2. The topological polar surface area (TPSA) is 52.7 Å². The summed E-state index contributed by atoms with van der Waals surface area (Å²) >= 11 is 5.83. The zero-order valence-electron chi connectivity index (χ0n) is 15.9. The second-order valence-corrected chi connectivity index (χ2v) is 8.30. The monoisotopic (exact) mass is 395 g/mol. The minimum atomic E-state index is -0.514. The fourth-order valence-electron chi connectivity index (χ4n) is 4.18. The molecule has 2 aliphatic heterocycles. The first-order valence-corrected chi connectivity index (χ1v) is 9.90. The number of nitrogens with zero attached hydrogens (tertiary/aromatic N) is 2. The van der Waals surface area contributed by atoms with Crippen molar-refractivity contribution in [2.24, 2.45) is 11.8 Å². The van der Waals surface area contributed by atoms with Gasteiger partial charge in [-0.25, -0.2) is 4.39 Å². The Morgan fingerprint density at radius 2 is 2.11 bits per heavy atom. The molecule has 148 valence electrons. The van der Waals surface area contributed by atoms with Crippen LogP contribution in [0.25, 0.3) is 0 Å². The molecule has 2 fully saturated rings. The van der Waals surface area contributed by atoms with Crippen LogP contribution in [0.3, 0.4) is 0 Å². The molecule has 0 saturated carbocycles. The summed E-state index contributed by atoms with van der Waals surface area (Å²) in [7, 11) is 3.55. The largest absolute Gasteiger partial charge is 0.349 e. The molecule has 1 N–H and O–H groups in total. The number of carbonyl (C=O) groups excluding carboxylic acids is 2. The smallest absolute Gasteiger partial charge is 0.253 e. The number of hydrogen-bond donors (Lipinski definition) is 1. The van der Waals surface area contributed by atoms with E-state index in [1.165, 1.54) is 18.2 Å². The van der Waals surface area contributed by atoms with E-state index in [1.54, 1.807) is 19.0 Å². The number of amides is 2. The van der Waals surface area contributed by atoms with Crippen molar-refractivity contribution in [3.05, 3.63) is 34.6 Å². The van der Waals surface area contributed by atoms with E-state index in [0.29, 0.717) is 43.0 Å². The quantitative estimate of drug-likeness (QED) is 0.834. The maximum absolute atomic E-state index is 13.4. The lowest BCUT2D eigenvalue weighted by atomic mass is 9.79. The summed E-state index contributed by atoms with van der Waals surface area (Å²) < 4.78 is 13.4. The third kappa shape index (κ3) is 4.79. The van der Waals surface area contributed by atoms with Crippen molar-refractivity contribution in [3.63, 3.8) is 0 Å². The molecule has 3 unspecified atom stereocenters. The maximum atomic E-state index is 13.4. The van der Waals surface area contributed by atoms with Gasteiger partial charge in [0.2, 0.25) is 5.91 Å². The Hall–Kier alpha value is -1.66. The van der Waals surface area contributed by atoms with E-state index in [4.69, 9.17) is 11.6 Å². The normalized spacial score (nSPS) is 24.6. The highest BCUT2D eigenvalue weighted by Crippen LogP contribution is 2.31. The van der Waals surface area contributed by atoms with Gasteiger partial charge in [0.25, 0.3) is 5.91 Å². The molecule has 2 bridgehead atoms. The van der Waals surface area contributed by atoms with Crippen molar-refractivity contribution in [1.29, 1.82) is 0 Å². The number of benzene rings is 1. The zero-order chi connectivity index (χ0) is 19.6. The molecular formula is C20H27ClFN3O2. The molecule has 3 rings (SSSR count). The molecule has 27 heavy (non-hydrogen) atoms. The van der Waals surface area contributed by atoms with Gasteiger partial charge in [0.05, 0.1) is 5.02 Å². The van der Waals surface area contributed by atoms with Gasteiger partial charge in [-0.05, 0) is 55.8 Å². The van der Waals surface area contributed by atoms with Gasteiger partial charge in [-0.15, -0.1) is 0 Å². The standard InChI is InChI=1S/C20H27ClFN3O2/c1-24(2)19(26)5-3-4-18-15-8-13(10-23-18)11-25(12-15)20(27)14-6-7-17(22)16(21)9-14/h6-7,9,13,15,18,23H,3-5,8,10-12H2,1-2H3. The van der Waals surface area contributed by atoms with Crippen LogP contribution in [-0.2, 0) is 4.79 Å². The molecule has 3 atom stereocenters. The van der Waals surface area contributed by atoms with Gasteiger partial charge in [0, 0.05) is 45.2 Å². The van der Waals surface area contributed by atoms with E-state index < -0.39 is 5.82 Å². The lowest BCUT2D eigenvalue weighted by molar-refractivity contribution is -0.128. The molecule has 2 amide bonds. The van der Waals surface area contributed by atoms with Crippen molar-refractivity contribution in [2.45, 2.75) is 31.7 Å². The Morgan fingerprint density at radius 3 is 2.81 bits per heavy atom. The van der Waals surface area contributed by atoms with E-state index in [0.717, 1.165) is 25.8 Å². The van der Waals surface area contributed by atoms with Crippen LogP contribution in [0.2, 0.25) is 5.02 Å². The number of likely N-dealkylation sites (tertiary alicyclic amines) is 1. The first-order valence-electron chi connectivity index (χ1n) is 9.53. The SMILES string of the molecule is CN(C)C(=O)CCCC1NCC2CC1CN(C(=O)c1ccc(F)c(Cl)c1)C2. The highest BCUT2D eigenvalue weighted by atomic mass is 35.5. The fraction of sp³-hybridized carbons (Fsp3) is 0.600. The van der Waals surface area contributed by atoms with Crippen LogP contribution < -0.4 is 5.32 Å². The van der Waals surface area contributed by atoms with Crippen molar-refractivity contribution >= 4 is 23.4 Å². The van der Waals surface area contributed by atoms with Gasteiger partial charge < -0.3 is 15.1 Å². The van der Waals surface area contributed by atoms with E-state index in [2.05, 4.69) is 5.32 Å². The summed E-state index contributed by atoms with van der Waals surface area (Å²) in [5.74, 6) is 0.364.